The first-order valence-electron chi connectivity index (χ1n) is 6.55. The van der Waals surface area contributed by atoms with E-state index in [4.69, 9.17) is 0 Å². The van der Waals surface area contributed by atoms with Gasteiger partial charge in [-0.05, 0) is 38.8 Å². The lowest BCUT2D eigenvalue weighted by atomic mass is 10.1. The lowest BCUT2D eigenvalue weighted by molar-refractivity contribution is 1.10. The zero-order valence-corrected chi connectivity index (χ0v) is 12.6. The monoisotopic (exact) mass is 338 g/mol. The maximum Gasteiger partial charge on any atom is 0.180 e. The van der Waals surface area contributed by atoms with Crippen LogP contribution < -0.4 is 5.32 Å². The van der Waals surface area contributed by atoms with Crippen LogP contribution in [0, 0.1) is 0 Å². The molecule has 0 aliphatic rings. The minimum Gasteiger partial charge on any atom is -0.337 e. The molecule has 2 aromatic carbocycles. The number of nitrogens with one attached hydrogen (secondary N) is 1. The molecule has 2 heterocycles. The van der Waals surface area contributed by atoms with Gasteiger partial charge in [-0.3, -0.25) is 0 Å². The Morgan fingerprint density at radius 3 is 2.81 bits per heavy atom. The van der Waals surface area contributed by atoms with Crippen molar-refractivity contribution in [3.8, 4) is 0 Å². The van der Waals surface area contributed by atoms with Gasteiger partial charge in [0, 0.05) is 24.3 Å². The molecule has 0 amide bonds. The van der Waals surface area contributed by atoms with Crippen molar-refractivity contribution in [1.29, 1.82) is 0 Å². The maximum absolute atomic E-state index is 4.47. The molecule has 0 fully saturated rings. The van der Waals surface area contributed by atoms with Crippen LogP contribution in [0.3, 0.4) is 0 Å². The van der Waals surface area contributed by atoms with E-state index in [-0.39, 0.29) is 0 Å². The van der Waals surface area contributed by atoms with Crippen molar-refractivity contribution in [2.45, 2.75) is 0 Å². The van der Waals surface area contributed by atoms with Gasteiger partial charge in [-0.1, -0.05) is 30.3 Å². The number of hydrogen-bond donors (Lipinski definition) is 1. The maximum atomic E-state index is 4.47. The van der Waals surface area contributed by atoms with Gasteiger partial charge in [-0.15, -0.1) is 0 Å². The van der Waals surface area contributed by atoms with Crippen LogP contribution in [-0.4, -0.2) is 14.4 Å². The second kappa shape index (κ2) is 4.86. The van der Waals surface area contributed by atoms with Gasteiger partial charge in [0.15, 0.2) is 11.5 Å². The van der Waals surface area contributed by atoms with E-state index in [0.29, 0.717) is 0 Å². The summed E-state index contributed by atoms with van der Waals surface area (Å²) in [6, 6.07) is 14.5. The van der Waals surface area contributed by atoms with Crippen LogP contribution in [0.4, 0.5) is 11.5 Å². The van der Waals surface area contributed by atoms with Gasteiger partial charge in [-0.25, -0.2) is 9.97 Å². The second-order valence-electron chi connectivity index (χ2n) is 4.76. The Bertz CT molecular complexity index is 945. The molecule has 102 valence electrons. The van der Waals surface area contributed by atoms with Crippen LogP contribution in [0.2, 0.25) is 0 Å². The van der Waals surface area contributed by atoms with Crippen molar-refractivity contribution in [3.05, 3.63) is 65.7 Å². The highest BCUT2D eigenvalue weighted by molar-refractivity contribution is 9.10. The highest BCUT2D eigenvalue weighted by Crippen LogP contribution is 2.24. The average molecular weight is 339 g/mol. The molecule has 21 heavy (non-hydrogen) atoms. The lowest BCUT2D eigenvalue weighted by Crippen LogP contribution is -1.98. The zero-order valence-electron chi connectivity index (χ0n) is 11.0. The minimum absolute atomic E-state index is 0.727. The van der Waals surface area contributed by atoms with Crippen LogP contribution in [0.1, 0.15) is 0 Å². The molecule has 0 spiro atoms. The average Bonchev–Trinajstić information content (AvgIpc) is 2.95. The molecule has 4 nitrogen and oxygen atoms in total. The number of hydrogen-bond acceptors (Lipinski definition) is 3. The minimum atomic E-state index is 0.727. The van der Waals surface area contributed by atoms with E-state index < -0.39 is 0 Å². The molecule has 0 saturated carbocycles. The van der Waals surface area contributed by atoms with E-state index in [1.165, 1.54) is 10.8 Å². The quantitative estimate of drug-likeness (QED) is 0.589. The Labute approximate surface area is 129 Å². The summed E-state index contributed by atoms with van der Waals surface area (Å²) in [5.74, 6) is 0.727. The molecule has 4 rings (SSSR count). The fourth-order valence-electron chi connectivity index (χ4n) is 2.39. The summed E-state index contributed by atoms with van der Waals surface area (Å²) in [6.07, 6.45) is 5.54. The fraction of sp³-hybridized carbons (Fsp3) is 0. The molecule has 5 heteroatoms. The number of halogens is 1. The van der Waals surface area contributed by atoms with Gasteiger partial charge in [0.05, 0.1) is 0 Å². The van der Waals surface area contributed by atoms with E-state index >= 15 is 0 Å². The molecule has 1 N–H and O–H groups in total. The van der Waals surface area contributed by atoms with Gasteiger partial charge in [0.2, 0.25) is 0 Å². The van der Waals surface area contributed by atoms with Gasteiger partial charge < -0.3 is 9.72 Å². The van der Waals surface area contributed by atoms with Crippen molar-refractivity contribution in [2.24, 2.45) is 0 Å². The van der Waals surface area contributed by atoms with Gasteiger partial charge >= 0.3 is 0 Å². The number of nitrogens with zero attached hydrogens (tertiary/aromatic N) is 3. The molecule has 2 aromatic heterocycles. The largest absolute Gasteiger partial charge is 0.337 e. The third-order valence-electron chi connectivity index (χ3n) is 3.36. The summed E-state index contributed by atoms with van der Waals surface area (Å²) in [6.45, 7) is 0. The number of rotatable bonds is 2. The molecular weight excluding hydrogens is 328 g/mol. The highest BCUT2D eigenvalue weighted by Gasteiger charge is 2.07. The number of fused-ring (bicyclic) bond motifs is 2. The van der Waals surface area contributed by atoms with Crippen molar-refractivity contribution in [1.82, 2.24) is 14.4 Å². The third-order valence-corrected chi connectivity index (χ3v) is 3.74. The van der Waals surface area contributed by atoms with E-state index in [1.54, 1.807) is 6.20 Å². The molecule has 0 radical (unpaired) electrons. The lowest BCUT2D eigenvalue weighted by Gasteiger charge is -2.08. The van der Waals surface area contributed by atoms with Crippen LogP contribution >= 0.6 is 15.9 Å². The standard InChI is InChI=1S/C16H11BrN4/c17-14-10-21-8-7-18-16(21)15(20-14)19-13-6-5-11-3-1-2-4-12(11)9-13/h1-10H,(H,19,20). The summed E-state index contributed by atoms with van der Waals surface area (Å²) in [4.78, 5) is 8.81. The van der Waals surface area contributed by atoms with Gasteiger partial charge in [-0.2, -0.15) is 0 Å². The van der Waals surface area contributed by atoms with E-state index in [9.17, 15) is 0 Å². The van der Waals surface area contributed by atoms with Crippen LogP contribution in [0.15, 0.2) is 65.7 Å². The van der Waals surface area contributed by atoms with Crippen molar-refractivity contribution < 1.29 is 0 Å². The fourth-order valence-corrected chi connectivity index (χ4v) is 2.79. The van der Waals surface area contributed by atoms with Crippen LogP contribution in [0.5, 0.6) is 0 Å². The smallest absolute Gasteiger partial charge is 0.180 e. The Hall–Kier alpha value is -2.40. The Balaban J connectivity index is 1.80. The van der Waals surface area contributed by atoms with Gasteiger partial charge in [0.1, 0.15) is 4.60 Å². The molecule has 0 saturated heterocycles. The predicted octanol–water partition coefficient (Wildman–Crippen LogP) is 4.39. The Morgan fingerprint density at radius 1 is 1.05 bits per heavy atom. The zero-order chi connectivity index (χ0) is 14.2. The summed E-state index contributed by atoms with van der Waals surface area (Å²) in [5, 5.41) is 5.75. The number of benzene rings is 2. The van der Waals surface area contributed by atoms with E-state index in [1.807, 2.05) is 35.0 Å². The first-order chi connectivity index (χ1) is 10.3. The summed E-state index contributed by atoms with van der Waals surface area (Å²) < 4.78 is 2.69. The molecule has 0 aliphatic carbocycles. The molecular formula is C16H11BrN4. The van der Waals surface area contributed by atoms with Gasteiger partial charge in [0.25, 0.3) is 0 Å². The molecule has 0 atom stereocenters. The first-order valence-corrected chi connectivity index (χ1v) is 7.34. The highest BCUT2D eigenvalue weighted by atomic mass is 79.9. The Kier molecular flexibility index (Phi) is 2.86. The summed E-state index contributed by atoms with van der Waals surface area (Å²) >= 11 is 3.42. The molecule has 0 unspecified atom stereocenters. The van der Waals surface area contributed by atoms with E-state index in [2.05, 4.69) is 55.5 Å². The summed E-state index contributed by atoms with van der Waals surface area (Å²) in [5.41, 5.74) is 1.79. The molecule has 4 aromatic rings. The number of anilines is 2. The van der Waals surface area contributed by atoms with Crippen molar-refractivity contribution in [3.63, 3.8) is 0 Å². The third kappa shape index (κ3) is 2.25. The first kappa shape index (κ1) is 12.3. The van der Waals surface area contributed by atoms with E-state index in [0.717, 1.165) is 21.8 Å². The molecule has 0 aliphatic heterocycles. The van der Waals surface area contributed by atoms with Crippen molar-refractivity contribution >= 4 is 43.9 Å². The topological polar surface area (TPSA) is 42.2 Å². The van der Waals surface area contributed by atoms with Crippen LogP contribution in [0.25, 0.3) is 16.4 Å². The van der Waals surface area contributed by atoms with Crippen molar-refractivity contribution in [2.75, 3.05) is 5.32 Å². The predicted molar refractivity (Wildman–Crippen MR) is 87.9 cm³/mol. The number of imidazole rings is 1. The van der Waals surface area contributed by atoms with Crippen LogP contribution in [-0.2, 0) is 0 Å². The second-order valence-corrected chi connectivity index (χ2v) is 5.57. The SMILES string of the molecule is Brc1cn2ccnc2c(Nc2ccc3ccccc3c2)n1. The number of aromatic nitrogens is 3. The summed E-state index contributed by atoms with van der Waals surface area (Å²) in [7, 11) is 0. The Morgan fingerprint density at radius 2 is 1.90 bits per heavy atom. The normalized spacial score (nSPS) is 11.1. The molecule has 0 bridgehead atoms.